The first-order valence-electron chi connectivity index (χ1n) is 12.9. The lowest BCUT2D eigenvalue weighted by Crippen LogP contribution is -2.55. The Kier molecular flexibility index (Phi) is 11.3. The molecule has 0 bridgehead atoms. The van der Waals surface area contributed by atoms with Crippen molar-refractivity contribution in [3.8, 4) is 17.6 Å². The first kappa shape index (κ1) is 29.2. The van der Waals surface area contributed by atoms with Crippen LogP contribution in [0.4, 0.5) is 4.79 Å². The molecule has 2 heterocycles. The van der Waals surface area contributed by atoms with Crippen molar-refractivity contribution < 1.29 is 19.4 Å². The van der Waals surface area contributed by atoms with Crippen molar-refractivity contribution in [2.24, 2.45) is 0 Å². The lowest BCUT2D eigenvalue weighted by atomic mass is 9.99. The average Bonchev–Trinajstić information content (AvgIpc) is 2.78. The van der Waals surface area contributed by atoms with Gasteiger partial charge in [0.15, 0.2) is 0 Å². The molecule has 1 amide bonds. The van der Waals surface area contributed by atoms with Crippen molar-refractivity contribution in [3.63, 3.8) is 0 Å². The first-order chi connectivity index (χ1) is 17.1. The smallest absolute Gasteiger partial charge is 0.410 e. The minimum absolute atomic E-state index is 0.0198. The number of carbonyl (C=O) groups is 1. The van der Waals surface area contributed by atoms with Gasteiger partial charge in [0, 0.05) is 24.6 Å². The lowest BCUT2D eigenvalue weighted by Gasteiger charge is -2.40. The Labute approximate surface area is 217 Å². The summed E-state index contributed by atoms with van der Waals surface area (Å²) in [5.74, 6) is 7.42. The van der Waals surface area contributed by atoms with Crippen LogP contribution in [-0.2, 0) is 11.2 Å². The Morgan fingerprint density at radius 2 is 1.92 bits per heavy atom. The van der Waals surface area contributed by atoms with E-state index in [1.807, 2.05) is 33.8 Å². The van der Waals surface area contributed by atoms with Crippen LogP contribution < -0.4 is 4.74 Å². The number of hydrogen-bond donors (Lipinski definition) is 1. The van der Waals surface area contributed by atoms with E-state index in [4.69, 9.17) is 14.6 Å². The zero-order chi connectivity index (χ0) is 26.7. The molecule has 0 aliphatic carbocycles. The summed E-state index contributed by atoms with van der Waals surface area (Å²) in [4.78, 5) is 18.5. The summed E-state index contributed by atoms with van der Waals surface area (Å²) < 4.78 is 11.4. The highest BCUT2D eigenvalue weighted by Crippen LogP contribution is 2.23. The third kappa shape index (κ3) is 9.20. The van der Waals surface area contributed by atoms with E-state index < -0.39 is 5.60 Å². The maximum absolute atomic E-state index is 12.3. The van der Waals surface area contributed by atoms with Gasteiger partial charge in [-0.1, -0.05) is 49.5 Å². The predicted molar refractivity (Wildman–Crippen MR) is 144 cm³/mol. The summed E-state index contributed by atoms with van der Waals surface area (Å²) >= 11 is 0. The van der Waals surface area contributed by atoms with E-state index in [2.05, 4.69) is 54.9 Å². The monoisotopic (exact) mass is 494 g/mol. The molecule has 0 saturated carbocycles. The number of aryl methyl sites for hydroxylation is 2. The SMILES string of the molecule is CCCc1ccc([C@H](C)C#Cc2cc(OC[C@@H]3CCN3C(=O)OC(C)(C)C)cnc2C)cc1.CCO. The normalized spacial score (nSPS) is 15.4. The number of amides is 1. The van der Waals surface area contributed by atoms with Crippen LogP contribution >= 0.6 is 0 Å². The summed E-state index contributed by atoms with van der Waals surface area (Å²) in [5.41, 5.74) is 3.82. The summed E-state index contributed by atoms with van der Waals surface area (Å²) in [5, 5.41) is 7.57. The quantitative estimate of drug-likeness (QED) is 0.508. The number of carbonyl (C=O) groups excluding carboxylic acids is 1. The highest BCUT2D eigenvalue weighted by molar-refractivity contribution is 5.69. The third-order valence-electron chi connectivity index (χ3n) is 5.72. The number of aliphatic hydroxyl groups is 1. The first-order valence-corrected chi connectivity index (χ1v) is 12.9. The molecule has 196 valence electrons. The molecule has 1 saturated heterocycles. The number of nitrogens with zero attached hydrogens (tertiary/aromatic N) is 2. The molecule has 2 atom stereocenters. The van der Waals surface area contributed by atoms with Crippen molar-refractivity contribution in [3.05, 3.63) is 58.9 Å². The molecule has 6 nitrogen and oxygen atoms in total. The largest absolute Gasteiger partial charge is 0.490 e. The molecule has 1 aliphatic rings. The molecule has 0 spiro atoms. The predicted octanol–water partition coefficient (Wildman–Crippen LogP) is 5.88. The number of hydrogen-bond acceptors (Lipinski definition) is 5. The van der Waals surface area contributed by atoms with Crippen LogP contribution in [0.5, 0.6) is 5.75 Å². The van der Waals surface area contributed by atoms with Crippen LogP contribution in [-0.4, -0.2) is 52.5 Å². The van der Waals surface area contributed by atoms with Crippen molar-refractivity contribution in [2.75, 3.05) is 19.8 Å². The number of ether oxygens (including phenoxy) is 2. The van der Waals surface area contributed by atoms with Crippen LogP contribution in [0.2, 0.25) is 0 Å². The van der Waals surface area contributed by atoms with E-state index in [9.17, 15) is 4.79 Å². The van der Waals surface area contributed by atoms with E-state index >= 15 is 0 Å². The lowest BCUT2D eigenvalue weighted by molar-refractivity contribution is -0.0141. The molecule has 0 radical (unpaired) electrons. The summed E-state index contributed by atoms with van der Waals surface area (Å²) in [6.07, 6.45) is 4.59. The Morgan fingerprint density at radius 1 is 1.25 bits per heavy atom. The van der Waals surface area contributed by atoms with Gasteiger partial charge in [-0.3, -0.25) is 4.98 Å². The Balaban J connectivity index is 0.00000145. The number of aromatic nitrogens is 1. The third-order valence-corrected chi connectivity index (χ3v) is 5.72. The van der Waals surface area contributed by atoms with Crippen molar-refractivity contribution in [2.45, 2.75) is 85.3 Å². The van der Waals surface area contributed by atoms with Gasteiger partial charge in [-0.05, 0) is 71.6 Å². The fourth-order valence-corrected chi connectivity index (χ4v) is 3.62. The summed E-state index contributed by atoms with van der Waals surface area (Å²) in [7, 11) is 0. The van der Waals surface area contributed by atoms with Gasteiger partial charge in [0.05, 0.1) is 17.9 Å². The molecular formula is C30H42N2O4. The maximum Gasteiger partial charge on any atom is 0.410 e. The van der Waals surface area contributed by atoms with E-state index in [0.29, 0.717) is 18.9 Å². The van der Waals surface area contributed by atoms with Crippen molar-refractivity contribution in [1.82, 2.24) is 9.88 Å². The molecule has 1 aliphatic heterocycles. The van der Waals surface area contributed by atoms with E-state index in [1.165, 1.54) is 11.1 Å². The molecule has 1 aromatic carbocycles. The second-order valence-corrected chi connectivity index (χ2v) is 10.0. The van der Waals surface area contributed by atoms with Gasteiger partial charge < -0.3 is 19.5 Å². The molecule has 1 N–H and O–H groups in total. The van der Waals surface area contributed by atoms with Crippen LogP contribution in [0.1, 0.15) is 82.7 Å². The second-order valence-electron chi connectivity index (χ2n) is 10.0. The minimum atomic E-state index is -0.499. The molecule has 6 heteroatoms. The van der Waals surface area contributed by atoms with E-state index in [0.717, 1.165) is 30.5 Å². The zero-order valence-corrected chi connectivity index (χ0v) is 22.9. The highest BCUT2D eigenvalue weighted by Gasteiger charge is 2.35. The van der Waals surface area contributed by atoms with Gasteiger partial charge in [-0.15, -0.1) is 0 Å². The van der Waals surface area contributed by atoms with Crippen LogP contribution in [0.3, 0.4) is 0 Å². The van der Waals surface area contributed by atoms with Gasteiger partial charge in [0.2, 0.25) is 0 Å². The fraction of sp³-hybridized carbons (Fsp3) is 0.533. The second kappa shape index (κ2) is 13.9. The standard InChI is InChI=1S/C28H36N2O3.C2H6O/c1-7-8-22-10-13-23(14-11-22)20(2)9-12-24-17-26(18-29-21(24)3)32-19-25-15-16-30(25)27(31)33-28(4,5)6;1-2-3/h10-11,13-14,17-18,20,25H,7-8,15-16,19H2,1-6H3;3H,2H2,1H3/t20-,25+;/m1./s1. The van der Waals surface area contributed by atoms with Gasteiger partial charge in [-0.2, -0.15) is 0 Å². The molecule has 1 aromatic heterocycles. The fourth-order valence-electron chi connectivity index (χ4n) is 3.62. The zero-order valence-electron chi connectivity index (χ0n) is 22.9. The van der Waals surface area contributed by atoms with Gasteiger partial charge in [-0.25, -0.2) is 4.79 Å². The minimum Gasteiger partial charge on any atom is -0.490 e. The number of rotatable bonds is 6. The topological polar surface area (TPSA) is 71.9 Å². The number of aliphatic hydroxyl groups excluding tert-OH is 1. The molecule has 1 fully saturated rings. The molecule has 0 unspecified atom stereocenters. The maximum atomic E-state index is 12.3. The number of benzene rings is 1. The number of pyridine rings is 1. The van der Waals surface area contributed by atoms with Gasteiger partial charge in [0.1, 0.15) is 18.0 Å². The Bertz CT molecular complexity index is 1030. The van der Waals surface area contributed by atoms with E-state index in [-0.39, 0.29) is 24.7 Å². The summed E-state index contributed by atoms with van der Waals surface area (Å²) in [6.45, 7) is 14.9. The van der Waals surface area contributed by atoms with Crippen LogP contribution in [0.15, 0.2) is 36.5 Å². The van der Waals surface area contributed by atoms with Crippen molar-refractivity contribution >= 4 is 6.09 Å². The molecule has 36 heavy (non-hydrogen) atoms. The molecule has 2 aromatic rings. The van der Waals surface area contributed by atoms with Gasteiger partial charge >= 0.3 is 6.09 Å². The number of likely N-dealkylation sites (tertiary alicyclic amines) is 1. The van der Waals surface area contributed by atoms with Crippen molar-refractivity contribution in [1.29, 1.82) is 0 Å². The Hall–Kier alpha value is -3.04. The molecule has 3 rings (SSSR count). The van der Waals surface area contributed by atoms with Gasteiger partial charge in [0.25, 0.3) is 0 Å². The average molecular weight is 495 g/mol. The van der Waals surface area contributed by atoms with Crippen LogP contribution in [0.25, 0.3) is 0 Å². The van der Waals surface area contributed by atoms with E-state index in [1.54, 1.807) is 18.0 Å². The Morgan fingerprint density at radius 3 is 2.47 bits per heavy atom. The highest BCUT2D eigenvalue weighted by atomic mass is 16.6. The summed E-state index contributed by atoms with van der Waals surface area (Å²) in [6, 6.07) is 10.7. The van der Waals surface area contributed by atoms with Crippen LogP contribution in [0, 0.1) is 18.8 Å². The molecular weight excluding hydrogens is 452 g/mol.